The minimum Gasteiger partial charge on any atom is -0.236 e. The zero-order valence-corrected chi connectivity index (χ0v) is 12.5. The van der Waals surface area contributed by atoms with Gasteiger partial charge in [-0.05, 0) is 47.8 Å². The fraction of sp³-hybridized carbons (Fsp3) is 0.667. The molecule has 1 aromatic rings. The lowest BCUT2D eigenvalue weighted by Gasteiger charge is -2.08. The van der Waals surface area contributed by atoms with Crippen molar-refractivity contribution in [1.82, 2.24) is 9.97 Å². The van der Waals surface area contributed by atoms with Gasteiger partial charge in [-0.15, -0.1) is 0 Å². The first-order valence-electron chi connectivity index (χ1n) is 5.79. The Morgan fingerprint density at radius 3 is 2.62 bits per heavy atom. The summed E-state index contributed by atoms with van der Waals surface area (Å²) in [6.45, 7) is 4.44. The minimum absolute atomic E-state index is 0.635. The molecule has 0 aliphatic heterocycles. The second kappa shape index (κ2) is 5.17. The van der Waals surface area contributed by atoms with Gasteiger partial charge in [0.15, 0.2) is 0 Å². The van der Waals surface area contributed by atoms with Gasteiger partial charge in [-0.1, -0.05) is 25.4 Å². The van der Waals surface area contributed by atoms with Crippen LogP contribution in [0.25, 0.3) is 0 Å². The van der Waals surface area contributed by atoms with Crippen LogP contribution in [0.1, 0.15) is 50.5 Å². The molecule has 1 fully saturated rings. The van der Waals surface area contributed by atoms with Crippen molar-refractivity contribution in [2.75, 3.05) is 0 Å². The lowest BCUT2D eigenvalue weighted by atomic mass is 10.1. The number of aryl methyl sites for hydroxylation is 1. The molecule has 2 rings (SSSR count). The average Bonchev–Trinajstić information content (AvgIpc) is 3.03. The van der Waals surface area contributed by atoms with Crippen LogP contribution in [0.4, 0.5) is 0 Å². The van der Waals surface area contributed by atoms with Crippen LogP contribution in [0.3, 0.4) is 0 Å². The van der Waals surface area contributed by atoms with E-state index in [-0.39, 0.29) is 0 Å². The van der Waals surface area contributed by atoms with Gasteiger partial charge < -0.3 is 0 Å². The highest BCUT2D eigenvalue weighted by atomic mass is 127. The topological polar surface area (TPSA) is 25.8 Å². The Balaban J connectivity index is 2.19. The number of nitrogens with zero attached hydrogens (tertiary/aromatic N) is 2. The molecule has 1 aliphatic carbocycles. The fourth-order valence-corrected chi connectivity index (χ4v) is 2.51. The third-order valence-corrected chi connectivity index (χ3v) is 4.45. The van der Waals surface area contributed by atoms with Crippen LogP contribution in [-0.2, 0) is 6.42 Å². The summed E-state index contributed by atoms with van der Waals surface area (Å²) >= 11 is 8.41. The number of hydrogen-bond acceptors (Lipinski definition) is 2. The molecule has 0 aromatic carbocycles. The highest BCUT2D eigenvalue weighted by molar-refractivity contribution is 14.1. The molecule has 0 unspecified atom stereocenters. The van der Waals surface area contributed by atoms with Gasteiger partial charge in [0, 0.05) is 12.3 Å². The molecule has 0 spiro atoms. The van der Waals surface area contributed by atoms with Crippen molar-refractivity contribution in [2.24, 2.45) is 5.92 Å². The van der Waals surface area contributed by atoms with Crippen LogP contribution < -0.4 is 0 Å². The number of hydrogen-bond donors (Lipinski definition) is 0. The molecular formula is C12H16ClIN2. The van der Waals surface area contributed by atoms with Gasteiger partial charge in [0.1, 0.15) is 11.0 Å². The summed E-state index contributed by atoms with van der Waals surface area (Å²) in [5, 5.41) is 0.635. The summed E-state index contributed by atoms with van der Waals surface area (Å²) in [5.74, 6) is 2.25. The van der Waals surface area contributed by atoms with Gasteiger partial charge in [-0.2, -0.15) is 0 Å². The van der Waals surface area contributed by atoms with Crippen molar-refractivity contribution >= 4 is 34.2 Å². The summed E-state index contributed by atoms with van der Waals surface area (Å²) in [4.78, 5) is 9.03. The van der Waals surface area contributed by atoms with Crippen LogP contribution >= 0.6 is 34.2 Å². The van der Waals surface area contributed by atoms with Gasteiger partial charge in [0.2, 0.25) is 0 Å². The van der Waals surface area contributed by atoms with E-state index < -0.39 is 0 Å². The van der Waals surface area contributed by atoms with E-state index in [4.69, 9.17) is 11.6 Å². The Morgan fingerprint density at radius 2 is 2.06 bits per heavy atom. The van der Waals surface area contributed by atoms with Gasteiger partial charge in [0.05, 0.1) is 9.26 Å². The second-order valence-corrected chi connectivity index (χ2v) is 6.27. The monoisotopic (exact) mass is 350 g/mol. The Kier molecular flexibility index (Phi) is 4.06. The van der Waals surface area contributed by atoms with E-state index in [0.717, 1.165) is 22.2 Å². The van der Waals surface area contributed by atoms with Crippen LogP contribution in [0.15, 0.2) is 0 Å². The summed E-state index contributed by atoms with van der Waals surface area (Å²) in [5.41, 5.74) is 1.18. The highest BCUT2D eigenvalue weighted by Crippen LogP contribution is 2.42. The lowest BCUT2D eigenvalue weighted by molar-refractivity contribution is 0.573. The molecule has 2 nitrogen and oxygen atoms in total. The molecule has 1 aromatic heterocycles. The molecule has 1 heterocycles. The maximum Gasteiger partial charge on any atom is 0.146 e. The maximum atomic E-state index is 6.15. The Bertz CT molecular complexity index is 389. The quantitative estimate of drug-likeness (QED) is 0.601. The third kappa shape index (κ3) is 3.06. The smallest absolute Gasteiger partial charge is 0.146 e. The molecular weight excluding hydrogens is 335 g/mol. The molecule has 0 radical (unpaired) electrons. The molecule has 0 amide bonds. The summed E-state index contributed by atoms with van der Waals surface area (Å²) < 4.78 is 1.05. The first-order valence-corrected chi connectivity index (χ1v) is 7.25. The van der Waals surface area contributed by atoms with Crippen molar-refractivity contribution in [1.29, 1.82) is 0 Å². The highest BCUT2D eigenvalue weighted by Gasteiger charge is 2.29. The van der Waals surface area contributed by atoms with Crippen molar-refractivity contribution in [2.45, 2.75) is 45.4 Å². The van der Waals surface area contributed by atoms with Crippen LogP contribution in [0.2, 0.25) is 5.15 Å². The third-order valence-electron chi connectivity index (χ3n) is 2.79. The summed E-state index contributed by atoms with van der Waals surface area (Å²) in [7, 11) is 0. The van der Waals surface area contributed by atoms with E-state index in [1.165, 1.54) is 18.5 Å². The van der Waals surface area contributed by atoms with Crippen molar-refractivity contribution in [3.8, 4) is 0 Å². The predicted octanol–water partition coefficient (Wildman–Crippen LogP) is 4.20. The van der Waals surface area contributed by atoms with Crippen LogP contribution in [0, 0.1) is 9.49 Å². The SMILES string of the molecule is CC(C)CCc1nc(Cl)c(I)c(C2CC2)n1. The zero-order chi connectivity index (χ0) is 11.7. The number of aromatic nitrogens is 2. The maximum absolute atomic E-state index is 6.15. The Labute approximate surface area is 115 Å². The predicted molar refractivity (Wildman–Crippen MR) is 74.9 cm³/mol. The average molecular weight is 351 g/mol. The Hall–Kier alpha value is 0.1000. The van der Waals surface area contributed by atoms with Crippen molar-refractivity contribution in [3.05, 3.63) is 20.2 Å². The molecule has 16 heavy (non-hydrogen) atoms. The molecule has 0 saturated heterocycles. The van der Waals surface area contributed by atoms with Gasteiger partial charge in [-0.25, -0.2) is 9.97 Å². The summed E-state index contributed by atoms with van der Waals surface area (Å²) in [6.07, 6.45) is 4.58. The molecule has 0 N–H and O–H groups in total. The first kappa shape index (κ1) is 12.6. The van der Waals surface area contributed by atoms with Crippen molar-refractivity contribution in [3.63, 3.8) is 0 Å². The molecule has 0 bridgehead atoms. The van der Waals surface area contributed by atoms with E-state index in [1.807, 2.05) is 0 Å². The van der Waals surface area contributed by atoms with Gasteiger partial charge in [-0.3, -0.25) is 0 Å². The summed E-state index contributed by atoms with van der Waals surface area (Å²) in [6, 6.07) is 0. The largest absolute Gasteiger partial charge is 0.236 e. The first-order chi connectivity index (χ1) is 7.58. The van der Waals surface area contributed by atoms with E-state index in [2.05, 4.69) is 46.4 Å². The molecule has 4 heteroatoms. The van der Waals surface area contributed by atoms with E-state index in [9.17, 15) is 0 Å². The zero-order valence-electron chi connectivity index (χ0n) is 9.63. The number of halogens is 2. The van der Waals surface area contributed by atoms with Gasteiger partial charge in [0.25, 0.3) is 0 Å². The normalized spacial score (nSPS) is 15.8. The van der Waals surface area contributed by atoms with Crippen LogP contribution in [0.5, 0.6) is 0 Å². The molecule has 1 aliphatic rings. The van der Waals surface area contributed by atoms with Crippen LogP contribution in [-0.4, -0.2) is 9.97 Å². The minimum atomic E-state index is 0.635. The van der Waals surface area contributed by atoms with E-state index >= 15 is 0 Å². The standard InChI is InChI=1S/C12H16ClIN2/c1-7(2)3-6-9-15-11(8-4-5-8)10(14)12(13)16-9/h7-8H,3-6H2,1-2H3. The fourth-order valence-electron chi connectivity index (χ4n) is 1.64. The second-order valence-electron chi connectivity index (χ2n) is 4.84. The molecule has 1 saturated carbocycles. The Morgan fingerprint density at radius 1 is 1.38 bits per heavy atom. The molecule has 0 atom stereocenters. The number of rotatable bonds is 4. The lowest BCUT2D eigenvalue weighted by Crippen LogP contribution is -2.04. The van der Waals surface area contributed by atoms with Crippen molar-refractivity contribution < 1.29 is 0 Å². The van der Waals surface area contributed by atoms with Gasteiger partial charge >= 0.3 is 0 Å². The molecule has 88 valence electrons. The van der Waals surface area contributed by atoms with E-state index in [0.29, 0.717) is 17.0 Å². The van der Waals surface area contributed by atoms with E-state index in [1.54, 1.807) is 0 Å².